The largest absolute Gasteiger partial charge is 0.508 e. The second-order valence-corrected chi connectivity index (χ2v) is 7.54. The van der Waals surface area contributed by atoms with Crippen LogP contribution in [0.2, 0.25) is 0 Å². The van der Waals surface area contributed by atoms with Crippen LogP contribution in [0.3, 0.4) is 0 Å². The molecule has 2 aliphatic carbocycles. The molecular formula is C17H25NOS. The average Bonchev–Trinajstić information content (AvgIpc) is 2.91. The lowest BCUT2D eigenvalue weighted by Crippen LogP contribution is -2.40. The quantitative estimate of drug-likeness (QED) is 0.878. The van der Waals surface area contributed by atoms with E-state index >= 15 is 0 Å². The molecule has 3 heteroatoms. The van der Waals surface area contributed by atoms with Crippen molar-refractivity contribution in [2.75, 3.05) is 12.8 Å². The summed E-state index contributed by atoms with van der Waals surface area (Å²) < 4.78 is 0.442. The molecule has 0 bridgehead atoms. The molecule has 1 unspecified atom stereocenters. The number of phenols is 1. The summed E-state index contributed by atoms with van der Waals surface area (Å²) in [7, 11) is 0. The molecule has 0 spiro atoms. The molecule has 2 N–H and O–H groups in total. The topological polar surface area (TPSA) is 32.3 Å². The van der Waals surface area contributed by atoms with Crippen molar-refractivity contribution in [3.8, 4) is 5.75 Å². The highest BCUT2D eigenvalue weighted by atomic mass is 32.2. The van der Waals surface area contributed by atoms with E-state index in [1.807, 2.05) is 23.9 Å². The van der Waals surface area contributed by atoms with E-state index in [-0.39, 0.29) is 0 Å². The summed E-state index contributed by atoms with van der Waals surface area (Å²) in [6.45, 7) is 1.11. The molecule has 0 heterocycles. The SMILES string of the molecule is CSC1(CNC2CCc3c(O)cccc32)CCCCC1. The van der Waals surface area contributed by atoms with E-state index < -0.39 is 0 Å². The minimum atomic E-state index is 0.433. The van der Waals surface area contributed by atoms with Crippen LogP contribution in [0.1, 0.15) is 55.7 Å². The first-order valence-corrected chi connectivity index (χ1v) is 9.06. The first kappa shape index (κ1) is 14.3. The van der Waals surface area contributed by atoms with E-state index in [0.29, 0.717) is 16.5 Å². The molecule has 1 saturated carbocycles. The standard InChI is InChI=1S/C17H25NOS/c1-20-17(10-3-2-4-11-17)12-18-15-9-8-14-13(15)6-5-7-16(14)19/h5-7,15,18-19H,2-4,8-12H2,1H3. The van der Waals surface area contributed by atoms with Crippen LogP contribution in [0.25, 0.3) is 0 Å². The van der Waals surface area contributed by atoms with Crippen molar-refractivity contribution in [1.29, 1.82) is 0 Å². The van der Waals surface area contributed by atoms with Crippen LogP contribution in [0.5, 0.6) is 5.75 Å². The number of phenolic OH excluding ortho intramolecular Hbond substituents is 1. The molecule has 0 aromatic heterocycles. The summed E-state index contributed by atoms with van der Waals surface area (Å²) in [4.78, 5) is 0. The van der Waals surface area contributed by atoms with Crippen LogP contribution < -0.4 is 5.32 Å². The van der Waals surface area contributed by atoms with Gasteiger partial charge in [0.1, 0.15) is 5.75 Å². The van der Waals surface area contributed by atoms with E-state index in [2.05, 4.69) is 17.6 Å². The summed E-state index contributed by atoms with van der Waals surface area (Å²) in [5.41, 5.74) is 2.48. The third-order valence-electron chi connectivity index (χ3n) is 5.11. The van der Waals surface area contributed by atoms with Crippen molar-refractivity contribution >= 4 is 11.8 Å². The highest BCUT2D eigenvalue weighted by molar-refractivity contribution is 8.00. The Balaban J connectivity index is 1.67. The zero-order chi connectivity index (χ0) is 14.0. The van der Waals surface area contributed by atoms with Crippen molar-refractivity contribution in [3.63, 3.8) is 0 Å². The van der Waals surface area contributed by atoms with Gasteiger partial charge < -0.3 is 10.4 Å². The van der Waals surface area contributed by atoms with Crippen LogP contribution in [-0.4, -0.2) is 22.7 Å². The first-order valence-electron chi connectivity index (χ1n) is 7.83. The zero-order valence-electron chi connectivity index (χ0n) is 12.3. The van der Waals surface area contributed by atoms with Gasteiger partial charge in [-0.05, 0) is 49.1 Å². The fraction of sp³-hybridized carbons (Fsp3) is 0.647. The highest BCUT2D eigenvalue weighted by Gasteiger charge is 2.33. The van der Waals surface area contributed by atoms with Crippen LogP contribution in [-0.2, 0) is 6.42 Å². The maximum absolute atomic E-state index is 9.93. The third kappa shape index (κ3) is 2.71. The summed E-state index contributed by atoms with van der Waals surface area (Å²) in [6, 6.07) is 6.39. The van der Waals surface area contributed by atoms with Crippen molar-refractivity contribution < 1.29 is 5.11 Å². The normalized spacial score (nSPS) is 24.6. The fourth-order valence-corrected chi connectivity index (χ4v) is 4.73. The summed E-state index contributed by atoms with van der Waals surface area (Å²) in [5.74, 6) is 0.476. The number of benzene rings is 1. The maximum Gasteiger partial charge on any atom is 0.119 e. The molecular weight excluding hydrogens is 266 g/mol. The van der Waals surface area contributed by atoms with Gasteiger partial charge in [0.25, 0.3) is 0 Å². The Labute approximate surface area is 126 Å². The predicted molar refractivity (Wildman–Crippen MR) is 86.5 cm³/mol. The summed E-state index contributed by atoms with van der Waals surface area (Å²) in [5, 5.41) is 13.7. The number of hydrogen-bond acceptors (Lipinski definition) is 3. The molecule has 1 atom stereocenters. The molecule has 20 heavy (non-hydrogen) atoms. The van der Waals surface area contributed by atoms with Crippen molar-refractivity contribution in [1.82, 2.24) is 5.32 Å². The van der Waals surface area contributed by atoms with Gasteiger partial charge in [0.2, 0.25) is 0 Å². The lowest BCUT2D eigenvalue weighted by atomic mass is 9.88. The van der Waals surface area contributed by atoms with Gasteiger partial charge in [0.05, 0.1) is 0 Å². The molecule has 0 saturated heterocycles. The number of rotatable bonds is 4. The third-order valence-corrected chi connectivity index (χ3v) is 6.53. The van der Waals surface area contributed by atoms with Gasteiger partial charge >= 0.3 is 0 Å². The van der Waals surface area contributed by atoms with E-state index in [9.17, 15) is 5.11 Å². The molecule has 0 amide bonds. The Bertz CT molecular complexity index is 468. The molecule has 3 rings (SSSR count). The average molecular weight is 291 g/mol. The van der Waals surface area contributed by atoms with Gasteiger partial charge in [-0.2, -0.15) is 11.8 Å². The van der Waals surface area contributed by atoms with Crippen molar-refractivity contribution in [2.24, 2.45) is 0 Å². The van der Waals surface area contributed by atoms with Gasteiger partial charge in [0, 0.05) is 17.3 Å². The first-order chi connectivity index (χ1) is 9.74. The Hall–Kier alpha value is -0.670. The van der Waals surface area contributed by atoms with Gasteiger partial charge in [-0.15, -0.1) is 0 Å². The van der Waals surface area contributed by atoms with Gasteiger partial charge in [-0.3, -0.25) is 0 Å². The smallest absolute Gasteiger partial charge is 0.119 e. The monoisotopic (exact) mass is 291 g/mol. The van der Waals surface area contributed by atoms with Crippen LogP contribution >= 0.6 is 11.8 Å². The Morgan fingerprint density at radius 3 is 2.85 bits per heavy atom. The van der Waals surface area contributed by atoms with Crippen LogP contribution in [0.15, 0.2) is 18.2 Å². The zero-order valence-corrected chi connectivity index (χ0v) is 13.1. The summed E-state index contributed by atoms with van der Waals surface area (Å²) in [6.07, 6.45) is 11.3. The minimum Gasteiger partial charge on any atom is -0.508 e. The van der Waals surface area contributed by atoms with Gasteiger partial charge in [-0.25, -0.2) is 0 Å². The molecule has 1 fully saturated rings. The van der Waals surface area contributed by atoms with E-state index in [4.69, 9.17) is 0 Å². The maximum atomic E-state index is 9.93. The van der Waals surface area contributed by atoms with E-state index in [1.165, 1.54) is 37.7 Å². The van der Waals surface area contributed by atoms with Crippen LogP contribution in [0, 0.1) is 0 Å². The number of hydrogen-bond donors (Lipinski definition) is 2. The molecule has 1 aromatic carbocycles. The number of thioether (sulfide) groups is 1. The molecule has 2 nitrogen and oxygen atoms in total. The number of aromatic hydroxyl groups is 1. The van der Waals surface area contributed by atoms with Crippen molar-refractivity contribution in [3.05, 3.63) is 29.3 Å². The van der Waals surface area contributed by atoms with Gasteiger partial charge in [0.15, 0.2) is 0 Å². The predicted octanol–water partition coefficient (Wildman–Crippen LogP) is 4.04. The van der Waals surface area contributed by atoms with Crippen LogP contribution in [0.4, 0.5) is 0 Å². The van der Waals surface area contributed by atoms with E-state index in [0.717, 1.165) is 24.9 Å². The molecule has 0 aliphatic heterocycles. The van der Waals surface area contributed by atoms with E-state index in [1.54, 1.807) is 0 Å². The number of fused-ring (bicyclic) bond motifs is 1. The lowest BCUT2D eigenvalue weighted by Gasteiger charge is -2.37. The fourth-order valence-electron chi connectivity index (χ4n) is 3.81. The molecule has 1 aromatic rings. The summed E-state index contributed by atoms with van der Waals surface area (Å²) >= 11 is 2.05. The Morgan fingerprint density at radius 2 is 2.10 bits per heavy atom. The lowest BCUT2D eigenvalue weighted by molar-refractivity contribution is 0.362. The minimum absolute atomic E-state index is 0.433. The second-order valence-electron chi connectivity index (χ2n) is 6.26. The second kappa shape index (κ2) is 5.98. The Kier molecular flexibility index (Phi) is 4.27. The number of nitrogens with one attached hydrogen (secondary N) is 1. The van der Waals surface area contributed by atoms with Gasteiger partial charge in [-0.1, -0.05) is 31.4 Å². The van der Waals surface area contributed by atoms with Crippen molar-refractivity contribution in [2.45, 2.75) is 55.7 Å². The highest BCUT2D eigenvalue weighted by Crippen LogP contribution is 2.40. The molecule has 0 radical (unpaired) electrons. The molecule has 110 valence electrons. The Morgan fingerprint density at radius 1 is 1.30 bits per heavy atom. The molecule has 2 aliphatic rings.